The molecule has 0 aliphatic heterocycles. The first-order valence-corrected chi connectivity index (χ1v) is 9.81. The Hall–Kier alpha value is -3.28. The van der Waals surface area contributed by atoms with E-state index in [1.165, 1.54) is 0 Å². The van der Waals surface area contributed by atoms with Crippen LogP contribution in [0.5, 0.6) is 11.5 Å². The Kier molecular flexibility index (Phi) is 6.89. The number of carbonyl (C=O) groups is 1. The highest BCUT2D eigenvalue weighted by atomic mass is 16.5. The lowest BCUT2D eigenvalue weighted by Gasteiger charge is -2.09. The number of ether oxygens (including phenoxy) is 2. The average Bonchev–Trinajstić information content (AvgIpc) is 3.04. The van der Waals surface area contributed by atoms with Crippen molar-refractivity contribution in [2.75, 3.05) is 13.2 Å². The molecule has 0 spiro atoms. The van der Waals surface area contributed by atoms with Crippen LogP contribution in [0.3, 0.4) is 0 Å². The smallest absolute Gasteiger partial charge is 0.258 e. The maximum absolute atomic E-state index is 12.2. The van der Waals surface area contributed by atoms with Crippen LogP contribution in [0.25, 0.3) is 5.69 Å². The van der Waals surface area contributed by atoms with Crippen molar-refractivity contribution in [2.45, 2.75) is 33.7 Å². The van der Waals surface area contributed by atoms with Crippen LogP contribution >= 0.6 is 0 Å². The zero-order valence-corrected chi connectivity index (χ0v) is 17.1. The van der Waals surface area contributed by atoms with Crippen LogP contribution in [0.1, 0.15) is 30.3 Å². The van der Waals surface area contributed by atoms with E-state index in [0.29, 0.717) is 18.9 Å². The van der Waals surface area contributed by atoms with Crippen LogP contribution in [0.2, 0.25) is 0 Å². The summed E-state index contributed by atoms with van der Waals surface area (Å²) >= 11 is 0. The summed E-state index contributed by atoms with van der Waals surface area (Å²) in [5, 5.41) is 7.52. The molecular formula is C23H27N3O3. The van der Waals surface area contributed by atoms with Gasteiger partial charge >= 0.3 is 0 Å². The van der Waals surface area contributed by atoms with Gasteiger partial charge in [-0.25, -0.2) is 4.68 Å². The quantitative estimate of drug-likeness (QED) is 0.597. The highest BCUT2D eigenvalue weighted by Gasteiger charge is 2.13. The monoisotopic (exact) mass is 393 g/mol. The molecule has 1 amide bonds. The van der Waals surface area contributed by atoms with Gasteiger partial charge in [-0.2, -0.15) is 5.10 Å². The highest BCUT2D eigenvalue weighted by Crippen LogP contribution is 2.19. The van der Waals surface area contributed by atoms with Gasteiger partial charge in [0.2, 0.25) is 0 Å². The molecule has 0 saturated carbocycles. The van der Waals surface area contributed by atoms with Gasteiger partial charge in [0.05, 0.1) is 18.0 Å². The van der Waals surface area contributed by atoms with Gasteiger partial charge in [-0.3, -0.25) is 4.79 Å². The minimum Gasteiger partial charge on any atom is -0.494 e. The Bertz CT molecular complexity index is 934. The van der Waals surface area contributed by atoms with E-state index >= 15 is 0 Å². The van der Waals surface area contributed by atoms with E-state index in [4.69, 9.17) is 9.47 Å². The zero-order valence-electron chi connectivity index (χ0n) is 17.1. The van der Waals surface area contributed by atoms with Crippen LogP contribution in [0.4, 0.5) is 0 Å². The summed E-state index contributed by atoms with van der Waals surface area (Å²) in [6.45, 7) is 7.07. The molecule has 3 rings (SSSR count). The van der Waals surface area contributed by atoms with Crippen molar-refractivity contribution in [1.29, 1.82) is 0 Å². The molecule has 0 aliphatic carbocycles. The maximum Gasteiger partial charge on any atom is 0.258 e. The SMILES string of the molecule is CCCOc1ccc(OCC(=O)NCc2c(C)nn(-c3ccccc3)c2C)cc1. The molecule has 0 saturated heterocycles. The van der Waals surface area contributed by atoms with Crippen LogP contribution < -0.4 is 14.8 Å². The normalized spacial score (nSPS) is 10.6. The molecule has 1 heterocycles. The fourth-order valence-electron chi connectivity index (χ4n) is 2.99. The fourth-order valence-corrected chi connectivity index (χ4v) is 2.99. The second kappa shape index (κ2) is 9.78. The number of amides is 1. The van der Waals surface area contributed by atoms with E-state index in [-0.39, 0.29) is 12.5 Å². The van der Waals surface area contributed by atoms with Gasteiger partial charge in [-0.15, -0.1) is 0 Å². The predicted molar refractivity (Wildman–Crippen MR) is 113 cm³/mol. The first kappa shape index (κ1) is 20.5. The zero-order chi connectivity index (χ0) is 20.6. The van der Waals surface area contributed by atoms with E-state index < -0.39 is 0 Å². The summed E-state index contributed by atoms with van der Waals surface area (Å²) in [6.07, 6.45) is 0.960. The average molecular weight is 393 g/mol. The molecule has 6 nitrogen and oxygen atoms in total. The number of nitrogens with one attached hydrogen (secondary N) is 1. The summed E-state index contributed by atoms with van der Waals surface area (Å²) in [6, 6.07) is 17.2. The number of aryl methyl sites for hydroxylation is 1. The van der Waals surface area contributed by atoms with Crippen molar-refractivity contribution in [3.05, 3.63) is 71.5 Å². The van der Waals surface area contributed by atoms with E-state index in [1.54, 1.807) is 12.1 Å². The Labute approximate surface area is 171 Å². The van der Waals surface area contributed by atoms with Crippen molar-refractivity contribution < 1.29 is 14.3 Å². The fraction of sp³-hybridized carbons (Fsp3) is 0.304. The van der Waals surface area contributed by atoms with E-state index in [2.05, 4.69) is 17.3 Å². The first-order chi connectivity index (χ1) is 14.1. The van der Waals surface area contributed by atoms with Crippen molar-refractivity contribution >= 4 is 5.91 Å². The van der Waals surface area contributed by atoms with Crippen LogP contribution in [-0.2, 0) is 11.3 Å². The number of nitrogens with zero attached hydrogens (tertiary/aromatic N) is 2. The molecule has 0 unspecified atom stereocenters. The lowest BCUT2D eigenvalue weighted by molar-refractivity contribution is -0.123. The summed E-state index contributed by atoms with van der Waals surface area (Å²) in [5.41, 5.74) is 3.92. The molecule has 1 aromatic heterocycles. The van der Waals surface area contributed by atoms with Gasteiger partial charge in [0.15, 0.2) is 6.61 Å². The second-order valence-corrected chi connectivity index (χ2v) is 6.78. The Balaban J connectivity index is 1.53. The summed E-state index contributed by atoms with van der Waals surface area (Å²) in [7, 11) is 0. The van der Waals surface area contributed by atoms with Gasteiger partial charge < -0.3 is 14.8 Å². The maximum atomic E-state index is 12.2. The molecule has 29 heavy (non-hydrogen) atoms. The lowest BCUT2D eigenvalue weighted by Crippen LogP contribution is -2.28. The van der Waals surface area contributed by atoms with Crippen LogP contribution in [0, 0.1) is 13.8 Å². The molecule has 2 aromatic carbocycles. The third-order valence-electron chi connectivity index (χ3n) is 4.57. The number of hydrogen-bond acceptors (Lipinski definition) is 4. The number of carbonyl (C=O) groups excluding carboxylic acids is 1. The van der Waals surface area contributed by atoms with Crippen molar-refractivity contribution in [2.24, 2.45) is 0 Å². The highest BCUT2D eigenvalue weighted by molar-refractivity contribution is 5.77. The number of rotatable bonds is 9. The number of benzene rings is 2. The Morgan fingerprint density at radius 2 is 1.66 bits per heavy atom. The minimum absolute atomic E-state index is 0.0416. The van der Waals surface area contributed by atoms with Crippen molar-refractivity contribution in [3.8, 4) is 17.2 Å². The second-order valence-electron chi connectivity index (χ2n) is 6.78. The predicted octanol–water partition coefficient (Wildman–Crippen LogP) is 3.97. The van der Waals surface area contributed by atoms with E-state index in [1.807, 2.05) is 61.0 Å². The molecule has 0 aliphatic rings. The third kappa shape index (κ3) is 5.38. The largest absolute Gasteiger partial charge is 0.494 e. The topological polar surface area (TPSA) is 65.4 Å². The van der Waals surface area contributed by atoms with Gasteiger partial charge in [0.1, 0.15) is 11.5 Å². The summed E-state index contributed by atoms with van der Waals surface area (Å²) in [4.78, 5) is 12.2. The first-order valence-electron chi connectivity index (χ1n) is 9.81. The van der Waals surface area contributed by atoms with E-state index in [0.717, 1.165) is 34.8 Å². The Morgan fingerprint density at radius 1 is 1.00 bits per heavy atom. The molecule has 3 aromatic rings. The van der Waals surface area contributed by atoms with Crippen molar-refractivity contribution in [3.63, 3.8) is 0 Å². The number of hydrogen-bond donors (Lipinski definition) is 1. The lowest BCUT2D eigenvalue weighted by atomic mass is 10.2. The van der Waals surface area contributed by atoms with Crippen LogP contribution in [-0.4, -0.2) is 28.9 Å². The summed E-state index contributed by atoms with van der Waals surface area (Å²) < 4.78 is 13.0. The molecule has 0 atom stereocenters. The molecule has 0 radical (unpaired) electrons. The minimum atomic E-state index is -0.178. The van der Waals surface area contributed by atoms with Gasteiger partial charge in [0, 0.05) is 17.8 Å². The number of aromatic nitrogens is 2. The van der Waals surface area contributed by atoms with Gasteiger partial charge in [-0.1, -0.05) is 25.1 Å². The molecule has 0 bridgehead atoms. The molecule has 6 heteroatoms. The van der Waals surface area contributed by atoms with E-state index in [9.17, 15) is 4.79 Å². The number of para-hydroxylation sites is 1. The standard InChI is InChI=1S/C23H27N3O3/c1-4-14-28-20-10-12-21(13-11-20)29-16-23(27)24-15-22-17(2)25-26(18(22)3)19-8-6-5-7-9-19/h5-13H,4,14-16H2,1-3H3,(H,24,27). The van der Waals surface area contributed by atoms with Crippen LogP contribution in [0.15, 0.2) is 54.6 Å². The molecule has 152 valence electrons. The molecule has 0 fully saturated rings. The molecule has 1 N–H and O–H groups in total. The summed E-state index contributed by atoms with van der Waals surface area (Å²) in [5.74, 6) is 1.25. The third-order valence-corrected chi connectivity index (χ3v) is 4.57. The van der Waals surface area contributed by atoms with Gasteiger partial charge in [-0.05, 0) is 56.7 Å². The Morgan fingerprint density at radius 3 is 2.31 bits per heavy atom. The van der Waals surface area contributed by atoms with Crippen molar-refractivity contribution in [1.82, 2.24) is 15.1 Å². The van der Waals surface area contributed by atoms with Gasteiger partial charge in [0.25, 0.3) is 5.91 Å². The molecular weight excluding hydrogens is 366 g/mol.